The molecule has 0 radical (unpaired) electrons. The van der Waals surface area contributed by atoms with Crippen molar-refractivity contribution in [3.63, 3.8) is 0 Å². The van der Waals surface area contributed by atoms with E-state index in [4.69, 9.17) is 17.0 Å². The summed E-state index contributed by atoms with van der Waals surface area (Å²) in [6, 6.07) is 14.9. The number of carbonyl (C=O) groups excluding carboxylic acids is 2. The Labute approximate surface area is 205 Å². The Balaban J connectivity index is 1.49. The Morgan fingerprint density at radius 2 is 2.00 bits per heavy atom. The van der Waals surface area contributed by atoms with E-state index in [9.17, 15) is 9.59 Å². The van der Waals surface area contributed by atoms with E-state index in [0.29, 0.717) is 20.1 Å². The Morgan fingerprint density at radius 1 is 1.24 bits per heavy atom. The monoisotopic (exact) mass is 495 g/mol. The number of carbonyl (C=O) groups is 2. The third-order valence-corrected chi connectivity index (χ3v) is 7.26. The SMILES string of the molecule is C=CCSc1nc2ccccc2n1C(=O)CCN1C(=O)C(=Cc2ccc(OC)cc2)SC1=S. The van der Waals surface area contributed by atoms with Crippen molar-refractivity contribution in [2.75, 3.05) is 19.4 Å². The van der Waals surface area contributed by atoms with Gasteiger partial charge in [0, 0.05) is 18.7 Å². The third kappa shape index (κ3) is 5.05. The highest BCUT2D eigenvalue weighted by Gasteiger charge is 2.32. The quantitative estimate of drug-likeness (QED) is 0.183. The molecule has 4 rings (SSSR count). The van der Waals surface area contributed by atoms with E-state index < -0.39 is 0 Å². The van der Waals surface area contributed by atoms with Crippen LogP contribution in [-0.4, -0.2) is 50.0 Å². The van der Waals surface area contributed by atoms with Crippen molar-refractivity contribution in [3.8, 4) is 5.75 Å². The van der Waals surface area contributed by atoms with Gasteiger partial charge in [0.05, 0.1) is 23.0 Å². The molecule has 1 aliphatic rings. The van der Waals surface area contributed by atoms with Crippen LogP contribution in [0, 0.1) is 0 Å². The average Bonchev–Trinajstić information content (AvgIpc) is 3.33. The topological polar surface area (TPSA) is 64.4 Å². The zero-order chi connectivity index (χ0) is 23.4. The zero-order valence-corrected chi connectivity index (χ0v) is 20.3. The molecule has 0 bridgehead atoms. The predicted octanol–water partition coefficient (Wildman–Crippen LogP) is 5.25. The van der Waals surface area contributed by atoms with Gasteiger partial charge in [0.2, 0.25) is 5.91 Å². The molecule has 1 fully saturated rings. The molecule has 1 aromatic heterocycles. The first-order valence-corrected chi connectivity index (χ1v) is 12.4. The van der Waals surface area contributed by atoms with E-state index in [1.54, 1.807) is 23.8 Å². The summed E-state index contributed by atoms with van der Waals surface area (Å²) in [5.41, 5.74) is 2.38. The zero-order valence-electron chi connectivity index (χ0n) is 17.9. The van der Waals surface area contributed by atoms with Gasteiger partial charge in [0.1, 0.15) is 10.1 Å². The fourth-order valence-corrected chi connectivity index (χ4v) is 5.41. The maximum absolute atomic E-state index is 13.2. The molecule has 2 aromatic carbocycles. The molecule has 2 heterocycles. The molecule has 3 aromatic rings. The van der Waals surface area contributed by atoms with Crippen molar-refractivity contribution in [3.05, 3.63) is 71.7 Å². The van der Waals surface area contributed by atoms with Gasteiger partial charge in [-0.25, -0.2) is 4.98 Å². The predicted molar refractivity (Wildman–Crippen MR) is 139 cm³/mol. The highest BCUT2D eigenvalue weighted by atomic mass is 32.2. The van der Waals surface area contributed by atoms with Crippen LogP contribution in [0.4, 0.5) is 0 Å². The molecule has 9 heteroatoms. The number of fused-ring (bicyclic) bond motifs is 1. The van der Waals surface area contributed by atoms with Crippen molar-refractivity contribution in [1.82, 2.24) is 14.5 Å². The van der Waals surface area contributed by atoms with Crippen molar-refractivity contribution in [1.29, 1.82) is 0 Å². The number of para-hydroxylation sites is 2. The first kappa shape index (κ1) is 23.3. The number of ether oxygens (including phenoxy) is 1. The lowest BCUT2D eigenvalue weighted by Gasteiger charge is -2.14. The fourth-order valence-electron chi connectivity index (χ4n) is 3.34. The average molecular weight is 496 g/mol. The summed E-state index contributed by atoms with van der Waals surface area (Å²) in [4.78, 5) is 32.7. The number of hydrogen-bond donors (Lipinski definition) is 0. The van der Waals surface area contributed by atoms with E-state index in [2.05, 4.69) is 11.6 Å². The Bertz CT molecular complexity index is 1260. The van der Waals surface area contributed by atoms with Crippen molar-refractivity contribution in [2.24, 2.45) is 0 Å². The molecule has 0 unspecified atom stereocenters. The van der Waals surface area contributed by atoms with Crippen molar-refractivity contribution < 1.29 is 14.3 Å². The van der Waals surface area contributed by atoms with Crippen LogP contribution in [0.5, 0.6) is 5.75 Å². The van der Waals surface area contributed by atoms with Crippen LogP contribution in [0.25, 0.3) is 17.1 Å². The summed E-state index contributed by atoms with van der Waals surface area (Å²) in [6.45, 7) is 3.95. The molecule has 0 aliphatic carbocycles. The third-order valence-electron chi connectivity index (χ3n) is 4.95. The second-order valence-electron chi connectivity index (χ2n) is 7.07. The van der Waals surface area contributed by atoms with E-state index in [1.807, 2.05) is 48.5 Å². The summed E-state index contributed by atoms with van der Waals surface area (Å²) in [7, 11) is 1.61. The normalized spacial score (nSPS) is 14.9. The van der Waals surface area contributed by atoms with E-state index in [0.717, 1.165) is 22.3 Å². The lowest BCUT2D eigenvalue weighted by Crippen LogP contribution is -2.31. The van der Waals surface area contributed by atoms with Crippen LogP contribution in [0.1, 0.15) is 16.8 Å². The molecular weight excluding hydrogens is 474 g/mol. The van der Waals surface area contributed by atoms with Gasteiger partial charge in [0.25, 0.3) is 5.91 Å². The Hall–Kier alpha value is -2.88. The maximum Gasteiger partial charge on any atom is 0.266 e. The molecule has 1 aliphatic heterocycles. The molecule has 0 N–H and O–H groups in total. The van der Waals surface area contributed by atoms with Gasteiger partial charge in [-0.2, -0.15) is 0 Å². The number of rotatable bonds is 8. The first-order valence-electron chi connectivity index (χ1n) is 10.2. The minimum Gasteiger partial charge on any atom is -0.497 e. The summed E-state index contributed by atoms with van der Waals surface area (Å²) in [6.07, 6.45) is 3.70. The van der Waals surface area contributed by atoms with Crippen LogP contribution in [0.3, 0.4) is 0 Å². The Morgan fingerprint density at radius 3 is 2.73 bits per heavy atom. The second-order valence-corrected chi connectivity index (χ2v) is 9.73. The highest BCUT2D eigenvalue weighted by molar-refractivity contribution is 8.26. The van der Waals surface area contributed by atoms with Crippen LogP contribution in [-0.2, 0) is 4.79 Å². The minimum absolute atomic E-state index is 0.129. The number of methoxy groups -OCH3 is 1. The number of thiocarbonyl (C=S) groups is 1. The number of thioether (sulfide) groups is 2. The Kier molecular flexibility index (Phi) is 7.32. The summed E-state index contributed by atoms with van der Waals surface area (Å²) < 4.78 is 7.24. The van der Waals surface area contributed by atoms with Gasteiger partial charge in [-0.15, -0.1) is 6.58 Å². The molecule has 6 nitrogen and oxygen atoms in total. The molecule has 168 valence electrons. The number of hydrogen-bond acceptors (Lipinski definition) is 7. The van der Waals surface area contributed by atoms with Crippen LogP contribution in [0.2, 0.25) is 0 Å². The number of nitrogens with zero attached hydrogens (tertiary/aromatic N) is 3. The van der Waals surface area contributed by atoms with Gasteiger partial charge in [-0.1, -0.05) is 66.1 Å². The largest absolute Gasteiger partial charge is 0.497 e. The van der Waals surface area contributed by atoms with Gasteiger partial charge in [-0.3, -0.25) is 19.1 Å². The number of imidazole rings is 1. The lowest BCUT2D eigenvalue weighted by molar-refractivity contribution is -0.122. The van der Waals surface area contributed by atoms with E-state index in [-0.39, 0.29) is 24.8 Å². The van der Waals surface area contributed by atoms with E-state index in [1.165, 1.54) is 28.4 Å². The number of benzene rings is 2. The van der Waals surface area contributed by atoms with Gasteiger partial charge < -0.3 is 4.74 Å². The molecule has 33 heavy (non-hydrogen) atoms. The van der Waals surface area contributed by atoms with Crippen LogP contribution >= 0.6 is 35.7 Å². The lowest BCUT2D eigenvalue weighted by atomic mass is 10.2. The van der Waals surface area contributed by atoms with Crippen LogP contribution in [0.15, 0.2) is 71.2 Å². The number of amides is 1. The van der Waals surface area contributed by atoms with Crippen LogP contribution < -0.4 is 4.74 Å². The molecule has 1 saturated heterocycles. The number of aromatic nitrogens is 2. The summed E-state index contributed by atoms with van der Waals surface area (Å²) in [5.74, 6) is 1.06. The summed E-state index contributed by atoms with van der Waals surface area (Å²) >= 11 is 8.12. The second kappa shape index (κ2) is 10.4. The van der Waals surface area contributed by atoms with Gasteiger partial charge >= 0.3 is 0 Å². The summed E-state index contributed by atoms with van der Waals surface area (Å²) in [5, 5.41) is 0.617. The minimum atomic E-state index is -0.189. The van der Waals surface area contributed by atoms with Gasteiger partial charge in [0.15, 0.2) is 5.16 Å². The van der Waals surface area contributed by atoms with E-state index >= 15 is 0 Å². The molecular formula is C24H21N3O3S3. The first-order chi connectivity index (χ1) is 16.0. The highest BCUT2D eigenvalue weighted by Crippen LogP contribution is 2.33. The smallest absolute Gasteiger partial charge is 0.266 e. The maximum atomic E-state index is 13.2. The van der Waals surface area contributed by atoms with Crippen molar-refractivity contribution >= 4 is 69.0 Å². The molecule has 0 saturated carbocycles. The van der Waals surface area contributed by atoms with Gasteiger partial charge in [-0.05, 0) is 35.9 Å². The van der Waals surface area contributed by atoms with Crippen molar-refractivity contribution in [2.45, 2.75) is 11.6 Å². The molecule has 0 atom stereocenters. The molecule has 0 spiro atoms. The molecule has 1 amide bonds. The standard InChI is InChI=1S/C24H21N3O3S3/c1-3-14-32-23-25-18-6-4-5-7-19(18)27(23)21(28)12-13-26-22(29)20(33-24(26)31)15-16-8-10-17(30-2)11-9-16/h3-11,15H,1,12-14H2,2H3. The fraction of sp³-hybridized carbons (Fsp3) is 0.167.